The van der Waals surface area contributed by atoms with Crippen LogP contribution in [0, 0.1) is 33.0 Å². The van der Waals surface area contributed by atoms with Crippen molar-refractivity contribution in [3.05, 3.63) is 56.3 Å². The fourth-order valence-corrected chi connectivity index (χ4v) is 3.47. The highest BCUT2D eigenvalue weighted by molar-refractivity contribution is 7.71. The van der Waals surface area contributed by atoms with Crippen molar-refractivity contribution >= 4 is 29.3 Å². The number of nitrogens with zero attached hydrogens (tertiary/aromatic N) is 4. The van der Waals surface area contributed by atoms with Gasteiger partial charge in [-0.2, -0.15) is 5.26 Å². The van der Waals surface area contributed by atoms with Gasteiger partial charge >= 0.3 is 0 Å². The van der Waals surface area contributed by atoms with E-state index in [0.717, 1.165) is 44.0 Å². The highest BCUT2D eigenvalue weighted by atomic mass is 32.1. The predicted octanol–water partition coefficient (Wildman–Crippen LogP) is 3.55. The Morgan fingerprint density at radius 1 is 1.23 bits per heavy atom. The number of hydrogen-bond donors (Lipinski definition) is 1. The van der Waals surface area contributed by atoms with E-state index in [2.05, 4.69) is 20.9 Å². The summed E-state index contributed by atoms with van der Waals surface area (Å²) < 4.78 is 0.445. The molecule has 1 fully saturated rings. The molecule has 0 spiro atoms. The number of aryl methyl sites for hydroxylation is 1. The zero-order valence-electron chi connectivity index (χ0n) is 14.4. The van der Waals surface area contributed by atoms with Crippen LogP contribution in [0.1, 0.15) is 17.5 Å². The summed E-state index contributed by atoms with van der Waals surface area (Å²) in [6.45, 7) is 4.79. The van der Waals surface area contributed by atoms with Crippen molar-refractivity contribution in [3.8, 4) is 6.07 Å². The molecular formula is C18H19N5O2S. The van der Waals surface area contributed by atoms with Crippen LogP contribution in [0.2, 0.25) is 0 Å². The number of rotatable bonds is 3. The molecular weight excluding hydrogens is 350 g/mol. The van der Waals surface area contributed by atoms with Crippen molar-refractivity contribution in [3.63, 3.8) is 0 Å². The molecule has 1 aliphatic heterocycles. The predicted molar refractivity (Wildman–Crippen MR) is 103 cm³/mol. The second kappa shape index (κ2) is 7.54. The Morgan fingerprint density at radius 3 is 2.69 bits per heavy atom. The molecule has 8 heteroatoms. The van der Waals surface area contributed by atoms with Crippen LogP contribution in [0.25, 0.3) is 0 Å². The van der Waals surface area contributed by atoms with Gasteiger partial charge in [-0.3, -0.25) is 10.1 Å². The van der Waals surface area contributed by atoms with E-state index in [4.69, 9.17) is 12.2 Å². The standard InChI is InChI=1S/C18H19N5O2S/c1-13-3-4-14(11-17(13)23(24)25)21-7-2-8-22(10-9-21)16-5-6-20-18(26)15(16)12-19/h3-6,11H,2,7-10H2,1H3,(H,20,26). The van der Waals surface area contributed by atoms with E-state index >= 15 is 0 Å². The zero-order chi connectivity index (χ0) is 18.7. The van der Waals surface area contributed by atoms with Crippen molar-refractivity contribution in [2.45, 2.75) is 13.3 Å². The highest BCUT2D eigenvalue weighted by Crippen LogP contribution is 2.27. The number of benzene rings is 1. The smallest absolute Gasteiger partial charge is 0.274 e. The van der Waals surface area contributed by atoms with Gasteiger partial charge in [0, 0.05) is 49.7 Å². The maximum atomic E-state index is 11.2. The van der Waals surface area contributed by atoms with Gasteiger partial charge in [-0.05, 0) is 25.5 Å². The van der Waals surface area contributed by atoms with Gasteiger partial charge in [-0.25, -0.2) is 0 Å². The van der Waals surface area contributed by atoms with Crippen molar-refractivity contribution < 1.29 is 4.92 Å². The largest absolute Gasteiger partial charge is 0.369 e. The molecule has 0 bridgehead atoms. The first-order valence-corrected chi connectivity index (χ1v) is 8.79. The molecule has 1 N–H and O–H groups in total. The summed E-state index contributed by atoms with van der Waals surface area (Å²) in [5.74, 6) is 0. The molecule has 0 unspecified atom stereocenters. The molecule has 7 nitrogen and oxygen atoms in total. The second-order valence-electron chi connectivity index (χ2n) is 6.23. The van der Waals surface area contributed by atoms with Crippen LogP contribution in [0.4, 0.5) is 17.1 Å². The maximum Gasteiger partial charge on any atom is 0.274 e. The second-order valence-corrected chi connectivity index (χ2v) is 6.64. The summed E-state index contributed by atoms with van der Waals surface area (Å²) in [6, 6.07) is 9.42. The molecule has 3 rings (SSSR count). The minimum absolute atomic E-state index is 0.143. The van der Waals surface area contributed by atoms with Crippen LogP contribution >= 0.6 is 12.2 Å². The van der Waals surface area contributed by atoms with Gasteiger partial charge in [0.2, 0.25) is 0 Å². The summed E-state index contributed by atoms with van der Waals surface area (Å²) >= 11 is 5.21. The molecule has 2 heterocycles. The Hall–Kier alpha value is -2.92. The lowest BCUT2D eigenvalue weighted by Crippen LogP contribution is -2.31. The van der Waals surface area contributed by atoms with E-state index in [1.807, 2.05) is 12.1 Å². The molecule has 0 aliphatic carbocycles. The third-order valence-electron chi connectivity index (χ3n) is 4.64. The van der Waals surface area contributed by atoms with Crippen LogP contribution in [0.5, 0.6) is 0 Å². The number of anilines is 2. The van der Waals surface area contributed by atoms with Crippen LogP contribution in [0.15, 0.2) is 30.5 Å². The number of pyridine rings is 1. The van der Waals surface area contributed by atoms with Crippen LogP contribution in [-0.4, -0.2) is 36.1 Å². The number of nitro benzene ring substituents is 1. The summed E-state index contributed by atoms with van der Waals surface area (Å²) in [5, 5.41) is 20.6. The topological polar surface area (TPSA) is 89.2 Å². The Morgan fingerprint density at radius 2 is 1.96 bits per heavy atom. The quantitative estimate of drug-likeness (QED) is 0.506. The van der Waals surface area contributed by atoms with E-state index in [9.17, 15) is 15.4 Å². The average Bonchev–Trinajstić information content (AvgIpc) is 2.88. The Bertz CT molecular complexity index is 934. The summed E-state index contributed by atoms with van der Waals surface area (Å²) in [5.41, 5.74) is 2.99. The Balaban J connectivity index is 1.83. The van der Waals surface area contributed by atoms with E-state index in [1.54, 1.807) is 25.3 Å². The van der Waals surface area contributed by atoms with Crippen molar-refractivity contribution in [2.75, 3.05) is 36.0 Å². The minimum atomic E-state index is -0.340. The third kappa shape index (κ3) is 3.53. The van der Waals surface area contributed by atoms with Crippen LogP contribution in [-0.2, 0) is 0 Å². The average molecular weight is 369 g/mol. The first-order chi connectivity index (χ1) is 12.5. The number of nitriles is 1. The first-order valence-electron chi connectivity index (χ1n) is 8.38. The molecule has 0 saturated carbocycles. The van der Waals surface area contributed by atoms with E-state index < -0.39 is 0 Å². The van der Waals surface area contributed by atoms with E-state index in [1.165, 1.54) is 0 Å². The molecule has 2 aromatic rings. The van der Waals surface area contributed by atoms with E-state index in [0.29, 0.717) is 15.8 Å². The number of aromatic nitrogens is 1. The van der Waals surface area contributed by atoms with E-state index in [-0.39, 0.29) is 10.6 Å². The number of nitrogens with one attached hydrogen (secondary N) is 1. The molecule has 134 valence electrons. The SMILES string of the molecule is Cc1ccc(N2CCCN(c3cc[nH]c(=S)c3C#N)CC2)cc1[N+](=O)[O-]. The monoisotopic (exact) mass is 369 g/mol. The van der Waals surface area contributed by atoms with Gasteiger partial charge in [-0.15, -0.1) is 0 Å². The van der Waals surface area contributed by atoms with Gasteiger partial charge in [0.25, 0.3) is 5.69 Å². The number of hydrogen-bond acceptors (Lipinski definition) is 6. The molecule has 1 aliphatic rings. The van der Waals surface area contributed by atoms with Crippen molar-refractivity contribution in [1.29, 1.82) is 5.26 Å². The fraction of sp³-hybridized carbons (Fsp3) is 0.333. The highest BCUT2D eigenvalue weighted by Gasteiger charge is 2.20. The molecule has 0 radical (unpaired) electrons. The van der Waals surface area contributed by atoms with Crippen LogP contribution in [0.3, 0.4) is 0 Å². The summed E-state index contributed by atoms with van der Waals surface area (Å²) in [4.78, 5) is 18.1. The number of aromatic amines is 1. The first kappa shape index (κ1) is 17.9. The molecule has 26 heavy (non-hydrogen) atoms. The van der Waals surface area contributed by atoms with Crippen molar-refractivity contribution in [1.82, 2.24) is 4.98 Å². The lowest BCUT2D eigenvalue weighted by atomic mass is 10.1. The summed E-state index contributed by atoms with van der Waals surface area (Å²) in [7, 11) is 0. The van der Waals surface area contributed by atoms with Gasteiger partial charge in [0.15, 0.2) is 0 Å². The summed E-state index contributed by atoms with van der Waals surface area (Å²) in [6.07, 6.45) is 2.64. The zero-order valence-corrected chi connectivity index (χ0v) is 15.3. The molecule has 0 atom stereocenters. The number of H-pyrrole nitrogens is 1. The Labute approximate surface area is 156 Å². The maximum absolute atomic E-state index is 11.2. The lowest BCUT2D eigenvalue weighted by molar-refractivity contribution is -0.385. The van der Waals surface area contributed by atoms with Gasteiger partial charge in [-0.1, -0.05) is 18.3 Å². The molecule has 1 aromatic heterocycles. The normalized spacial score (nSPS) is 14.6. The van der Waals surface area contributed by atoms with Crippen molar-refractivity contribution in [2.24, 2.45) is 0 Å². The van der Waals surface area contributed by atoms with Crippen LogP contribution < -0.4 is 9.80 Å². The third-order valence-corrected chi connectivity index (χ3v) is 4.96. The van der Waals surface area contributed by atoms with Gasteiger partial charge < -0.3 is 14.8 Å². The molecule has 1 aromatic carbocycles. The molecule has 0 amide bonds. The Kier molecular flexibility index (Phi) is 5.19. The van der Waals surface area contributed by atoms with Gasteiger partial charge in [0.05, 0.1) is 10.6 Å². The lowest BCUT2D eigenvalue weighted by Gasteiger charge is -2.25. The van der Waals surface area contributed by atoms with Gasteiger partial charge in [0.1, 0.15) is 16.3 Å². The molecule has 1 saturated heterocycles. The minimum Gasteiger partial charge on any atom is -0.369 e. The number of nitro groups is 1. The fourth-order valence-electron chi connectivity index (χ4n) is 3.25.